The average Bonchev–Trinajstić information content (AvgIpc) is 2.97. The molecule has 6 heteroatoms. The number of rotatable bonds is 4. The van der Waals surface area contributed by atoms with Crippen molar-refractivity contribution in [2.75, 3.05) is 12.4 Å². The van der Waals surface area contributed by atoms with Gasteiger partial charge in [-0.3, -0.25) is 4.79 Å². The highest BCUT2D eigenvalue weighted by atomic mass is 19.1. The fraction of sp³-hybridized carbons (Fsp3) is 0.111. The molecule has 0 saturated heterocycles. The van der Waals surface area contributed by atoms with Crippen molar-refractivity contribution in [2.24, 2.45) is 0 Å². The summed E-state index contributed by atoms with van der Waals surface area (Å²) in [6, 6.07) is 12.9. The number of halogens is 1. The van der Waals surface area contributed by atoms with Gasteiger partial charge in [0.15, 0.2) is 0 Å². The third-order valence-corrected chi connectivity index (χ3v) is 3.54. The third-order valence-electron chi connectivity index (χ3n) is 3.54. The largest absolute Gasteiger partial charge is 0.495 e. The summed E-state index contributed by atoms with van der Waals surface area (Å²) in [5.41, 5.74) is 1.54. The van der Waals surface area contributed by atoms with Crippen molar-refractivity contribution in [1.29, 1.82) is 0 Å². The first-order valence-corrected chi connectivity index (χ1v) is 7.26. The highest BCUT2D eigenvalue weighted by molar-refractivity contribution is 6.09. The van der Waals surface area contributed by atoms with E-state index >= 15 is 0 Å². The summed E-state index contributed by atoms with van der Waals surface area (Å²) in [7, 11) is 1.52. The number of carbonyl (C=O) groups excluding carboxylic acids is 1. The zero-order valence-corrected chi connectivity index (χ0v) is 13.2. The molecule has 0 radical (unpaired) electrons. The number of aryl methyl sites for hydroxylation is 1. The molecule has 0 spiro atoms. The fourth-order valence-electron chi connectivity index (χ4n) is 2.41. The Bertz CT molecular complexity index is 889. The van der Waals surface area contributed by atoms with Gasteiger partial charge in [0.1, 0.15) is 28.6 Å². The smallest absolute Gasteiger partial charge is 0.261 e. The van der Waals surface area contributed by atoms with Crippen LogP contribution in [0.25, 0.3) is 11.3 Å². The molecule has 0 saturated carbocycles. The van der Waals surface area contributed by atoms with Gasteiger partial charge in [-0.25, -0.2) is 4.39 Å². The summed E-state index contributed by atoms with van der Waals surface area (Å²) >= 11 is 0. The minimum Gasteiger partial charge on any atom is -0.495 e. The lowest BCUT2D eigenvalue weighted by Crippen LogP contribution is -2.14. The number of para-hydroxylation sites is 2. The summed E-state index contributed by atoms with van der Waals surface area (Å²) in [6.45, 7) is 1.63. The van der Waals surface area contributed by atoms with Crippen molar-refractivity contribution in [3.05, 3.63) is 65.7 Å². The number of nitrogens with zero attached hydrogens (tertiary/aromatic N) is 1. The molecule has 1 heterocycles. The molecule has 122 valence electrons. The van der Waals surface area contributed by atoms with E-state index in [1.54, 1.807) is 43.3 Å². The van der Waals surface area contributed by atoms with Gasteiger partial charge in [0.25, 0.3) is 5.91 Å². The molecule has 0 fully saturated rings. The SMILES string of the molecule is COc1ccccc1NC(=O)c1c(-c2cccc(F)c2)noc1C. The molecular formula is C18H15FN2O3. The predicted octanol–water partition coefficient (Wildman–Crippen LogP) is 4.05. The van der Waals surface area contributed by atoms with Crippen molar-refractivity contribution >= 4 is 11.6 Å². The maximum absolute atomic E-state index is 13.5. The maximum atomic E-state index is 13.5. The Hall–Kier alpha value is -3.15. The summed E-state index contributed by atoms with van der Waals surface area (Å²) in [6.07, 6.45) is 0. The molecule has 0 unspecified atom stereocenters. The molecule has 3 rings (SSSR count). The van der Waals surface area contributed by atoms with Crippen LogP contribution in [0.1, 0.15) is 16.1 Å². The highest BCUT2D eigenvalue weighted by Crippen LogP contribution is 2.28. The molecule has 0 aliphatic heterocycles. The Morgan fingerprint density at radius 2 is 2.00 bits per heavy atom. The average molecular weight is 326 g/mol. The molecule has 5 nitrogen and oxygen atoms in total. The lowest BCUT2D eigenvalue weighted by Gasteiger charge is -2.10. The second kappa shape index (κ2) is 6.54. The Balaban J connectivity index is 1.98. The van der Waals surface area contributed by atoms with Gasteiger partial charge in [-0.1, -0.05) is 29.4 Å². The van der Waals surface area contributed by atoms with Crippen LogP contribution in [-0.4, -0.2) is 18.2 Å². The van der Waals surface area contributed by atoms with Gasteiger partial charge in [-0.2, -0.15) is 0 Å². The molecule has 1 N–H and O–H groups in total. The number of hydrogen-bond donors (Lipinski definition) is 1. The minimum absolute atomic E-state index is 0.256. The van der Waals surface area contributed by atoms with E-state index in [0.29, 0.717) is 28.5 Å². The van der Waals surface area contributed by atoms with Crippen molar-refractivity contribution in [1.82, 2.24) is 5.16 Å². The van der Waals surface area contributed by atoms with Gasteiger partial charge in [0, 0.05) is 5.56 Å². The first-order chi connectivity index (χ1) is 11.6. The number of amides is 1. The van der Waals surface area contributed by atoms with Gasteiger partial charge in [0.2, 0.25) is 0 Å². The molecule has 2 aromatic carbocycles. The molecule has 24 heavy (non-hydrogen) atoms. The summed E-state index contributed by atoms with van der Waals surface area (Å²) < 4.78 is 23.8. The lowest BCUT2D eigenvalue weighted by molar-refractivity contribution is 0.102. The number of hydrogen-bond acceptors (Lipinski definition) is 4. The summed E-state index contributed by atoms with van der Waals surface area (Å²) in [4.78, 5) is 12.7. The van der Waals surface area contributed by atoms with E-state index < -0.39 is 11.7 Å². The Labute approximate surface area is 138 Å². The van der Waals surface area contributed by atoms with Crippen molar-refractivity contribution in [3.8, 4) is 17.0 Å². The number of ether oxygens (including phenoxy) is 1. The second-order valence-electron chi connectivity index (χ2n) is 5.13. The number of benzene rings is 2. The van der Waals surface area contributed by atoms with E-state index in [0.717, 1.165) is 0 Å². The predicted molar refractivity (Wildman–Crippen MR) is 87.6 cm³/mol. The zero-order chi connectivity index (χ0) is 17.1. The Kier molecular flexibility index (Phi) is 4.29. The minimum atomic E-state index is -0.413. The third kappa shape index (κ3) is 2.99. The molecule has 0 atom stereocenters. The Morgan fingerprint density at radius 1 is 1.21 bits per heavy atom. The highest BCUT2D eigenvalue weighted by Gasteiger charge is 2.22. The monoisotopic (exact) mass is 326 g/mol. The van der Waals surface area contributed by atoms with Crippen LogP contribution >= 0.6 is 0 Å². The number of anilines is 1. The van der Waals surface area contributed by atoms with Crippen LogP contribution in [0.15, 0.2) is 53.1 Å². The van der Waals surface area contributed by atoms with Crippen molar-refractivity contribution < 1.29 is 18.4 Å². The van der Waals surface area contributed by atoms with Gasteiger partial charge in [0.05, 0.1) is 12.8 Å². The molecule has 0 bridgehead atoms. The molecule has 1 aromatic heterocycles. The van der Waals surface area contributed by atoms with Gasteiger partial charge >= 0.3 is 0 Å². The van der Waals surface area contributed by atoms with Gasteiger partial charge < -0.3 is 14.6 Å². The lowest BCUT2D eigenvalue weighted by atomic mass is 10.1. The van der Waals surface area contributed by atoms with E-state index in [-0.39, 0.29) is 5.56 Å². The Morgan fingerprint density at radius 3 is 2.75 bits per heavy atom. The van der Waals surface area contributed by atoms with Gasteiger partial charge in [-0.15, -0.1) is 0 Å². The van der Waals surface area contributed by atoms with E-state index in [9.17, 15) is 9.18 Å². The van der Waals surface area contributed by atoms with E-state index in [1.807, 2.05) is 0 Å². The molecule has 3 aromatic rings. The zero-order valence-electron chi connectivity index (χ0n) is 13.2. The van der Waals surface area contributed by atoms with Crippen LogP contribution in [0, 0.1) is 12.7 Å². The molecule has 0 aliphatic carbocycles. The standard InChI is InChI=1S/C18H15FN2O3/c1-11-16(17(21-24-11)12-6-5-7-13(19)10-12)18(22)20-14-8-3-4-9-15(14)23-2/h3-10H,1-2H3,(H,20,22). The van der Waals surface area contributed by atoms with Crippen LogP contribution in [0.3, 0.4) is 0 Å². The van der Waals surface area contributed by atoms with Crippen molar-refractivity contribution in [2.45, 2.75) is 6.92 Å². The summed E-state index contributed by atoms with van der Waals surface area (Å²) in [5.74, 6) is 0.0654. The van der Waals surface area contributed by atoms with E-state index in [2.05, 4.69) is 10.5 Å². The van der Waals surface area contributed by atoms with Crippen LogP contribution < -0.4 is 10.1 Å². The fourth-order valence-corrected chi connectivity index (χ4v) is 2.41. The van der Waals surface area contributed by atoms with Gasteiger partial charge in [-0.05, 0) is 31.2 Å². The van der Waals surface area contributed by atoms with Crippen LogP contribution in [0.4, 0.5) is 10.1 Å². The van der Waals surface area contributed by atoms with Crippen molar-refractivity contribution in [3.63, 3.8) is 0 Å². The number of aromatic nitrogens is 1. The first-order valence-electron chi connectivity index (χ1n) is 7.26. The number of carbonyl (C=O) groups is 1. The molecule has 0 aliphatic rings. The van der Waals surface area contributed by atoms with Crippen LogP contribution in [0.2, 0.25) is 0 Å². The molecular weight excluding hydrogens is 311 g/mol. The maximum Gasteiger partial charge on any atom is 0.261 e. The normalized spacial score (nSPS) is 10.5. The van der Waals surface area contributed by atoms with E-state index in [4.69, 9.17) is 9.26 Å². The van der Waals surface area contributed by atoms with Crippen LogP contribution in [-0.2, 0) is 0 Å². The van der Waals surface area contributed by atoms with E-state index in [1.165, 1.54) is 19.2 Å². The first kappa shape index (κ1) is 15.7. The molecule has 1 amide bonds. The number of methoxy groups -OCH3 is 1. The second-order valence-corrected chi connectivity index (χ2v) is 5.13. The quantitative estimate of drug-likeness (QED) is 0.785. The van der Waals surface area contributed by atoms with Crippen LogP contribution in [0.5, 0.6) is 5.75 Å². The summed E-state index contributed by atoms with van der Waals surface area (Å²) in [5, 5.41) is 6.67. The number of nitrogens with one attached hydrogen (secondary N) is 1. The topological polar surface area (TPSA) is 64.4 Å².